The summed E-state index contributed by atoms with van der Waals surface area (Å²) < 4.78 is 0. The summed E-state index contributed by atoms with van der Waals surface area (Å²) in [5.41, 5.74) is 18.4. The molecule has 9 aromatic rings. The predicted octanol–water partition coefficient (Wildman–Crippen LogP) is 10.3. The molecule has 2 heterocycles. The second-order valence-corrected chi connectivity index (χ2v) is 16.1. The van der Waals surface area contributed by atoms with Crippen LogP contribution >= 0.6 is 0 Å². The van der Waals surface area contributed by atoms with Gasteiger partial charge in [-0.2, -0.15) is 0 Å². The van der Waals surface area contributed by atoms with Crippen LogP contribution in [0, 0.1) is 0 Å². The van der Waals surface area contributed by atoms with Crippen molar-refractivity contribution in [3.63, 3.8) is 0 Å². The van der Waals surface area contributed by atoms with Gasteiger partial charge in [0.2, 0.25) is 0 Å². The van der Waals surface area contributed by atoms with E-state index in [2.05, 4.69) is 230 Å². The van der Waals surface area contributed by atoms with Crippen LogP contribution in [-0.2, 0) is 497 Å². The van der Waals surface area contributed by atoms with Crippen molar-refractivity contribution in [2.45, 2.75) is 59.4 Å². The van der Waals surface area contributed by atoms with Crippen molar-refractivity contribution in [1.29, 1.82) is 0 Å². The first-order valence-corrected chi connectivity index (χ1v) is 22.7. The van der Waals surface area contributed by atoms with Crippen LogP contribution < -0.4 is 32.8 Å². The summed E-state index contributed by atoms with van der Waals surface area (Å²) in [5.74, 6) is 0. The molecule has 0 saturated carbocycles. The maximum absolute atomic E-state index is 3.50. The number of aromatic amines is 1. The van der Waals surface area contributed by atoms with E-state index >= 15 is 0 Å². The van der Waals surface area contributed by atoms with Gasteiger partial charge in [0, 0.05) is 512 Å². The summed E-state index contributed by atoms with van der Waals surface area (Å²) in [6.07, 6.45) is 6.26. The molecule has 0 spiro atoms. The normalized spacial score (nSPS) is 9.08. The number of benzene rings is 8. The summed E-state index contributed by atoms with van der Waals surface area (Å²) in [5, 5.41) is 2.57. The van der Waals surface area contributed by atoms with E-state index < -0.39 is 0 Å². The summed E-state index contributed by atoms with van der Waals surface area (Å²) in [6, 6.07) is 68.5. The van der Waals surface area contributed by atoms with Crippen LogP contribution in [0.1, 0.15) is 37.8 Å². The molecule has 0 atom stereocenters. The number of aromatic nitrogens is 1. The number of H-pyrrole nitrogens is 1. The van der Waals surface area contributed by atoms with Gasteiger partial charge in [0.15, 0.2) is 0 Å². The van der Waals surface area contributed by atoms with Crippen molar-refractivity contribution in [3.8, 4) is 22.3 Å². The molecule has 8 aromatic carbocycles. The van der Waals surface area contributed by atoms with Crippen molar-refractivity contribution in [2.24, 2.45) is 0 Å². The molecule has 0 fully saturated rings. The van der Waals surface area contributed by atoms with E-state index in [0.29, 0.717) is 0 Å². The Morgan fingerprint density at radius 2 is 0.744 bits per heavy atom. The van der Waals surface area contributed by atoms with Gasteiger partial charge in [-0.25, -0.2) is 12.6 Å². The van der Waals surface area contributed by atoms with E-state index in [-0.39, 0.29) is 491 Å². The largest absolute Gasteiger partial charge is 0.355 e. The molecule has 25 radical (unpaired) electrons. The third-order valence-electron chi connectivity index (χ3n) is 11.1. The van der Waals surface area contributed by atoms with Crippen molar-refractivity contribution in [1.82, 2.24) is 4.98 Å². The smallest absolute Gasteiger partial charge is 0.0464 e. The Labute approximate surface area is 851 Å². The fourth-order valence-electron chi connectivity index (χ4n) is 8.13. The van der Waals surface area contributed by atoms with Gasteiger partial charge in [0.05, 0.1) is 0 Å². The Balaban J connectivity index is -0.000000117. The van der Waals surface area contributed by atoms with E-state index in [1.54, 1.807) is 0 Å². The maximum atomic E-state index is 3.50. The molecule has 1 N–H and O–H groups in total. The zero-order chi connectivity index (χ0) is 43.6. The zero-order valence-corrected chi connectivity index (χ0v) is 88.6. The van der Waals surface area contributed by atoms with Crippen LogP contribution in [0.2, 0.25) is 26.3 Å². The average molecular weight is 2140 g/mol. The summed E-state index contributed by atoms with van der Waals surface area (Å²) in [6.45, 7) is 8.43. The minimum absolute atomic E-state index is 0. The SMILES string of the molecule is CCC[B-]CCC.C[B-]C.[B-](c1ccc2c(c1)-c1ccccc1C2)c1ccc2[nH]c3ccccc3c2c1.[B-](c1ccccc1)c1ccccc1.[B-]1c2ccccc2-c2ccccc21.[Y].[Y].[Y].[Y].[Y].[Y].[Y].[Y].[Y].[Y].[Y].[Y].[Y].[Y].[Y]. The number of fused-ring (bicyclic) bond motifs is 9. The van der Waals surface area contributed by atoms with Crippen molar-refractivity contribution in [3.05, 3.63) is 205 Å². The summed E-state index contributed by atoms with van der Waals surface area (Å²) in [7, 11) is 11.0. The van der Waals surface area contributed by atoms with E-state index in [1.807, 2.05) is 33.1 Å². The van der Waals surface area contributed by atoms with Crippen LogP contribution in [0.4, 0.5) is 0 Å². The molecule has 2 aliphatic rings. The van der Waals surface area contributed by atoms with Crippen molar-refractivity contribution >= 4 is 91.0 Å². The number of rotatable bonds is 8. The number of hydrogen-bond donors (Lipinski definition) is 1. The topological polar surface area (TPSA) is 15.8 Å². The molecule has 1 aromatic heterocycles. The van der Waals surface area contributed by atoms with Crippen LogP contribution in [0.3, 0.4) is 0 Å². The third kappa shape index (κ3) is 36.0. The Bertz CT molecular complexity index is 2770. The second kappa shape index (κ2) is 63.5. The number of para-hydroxylation sites is 1. The quantitative estimate of drug-likeness (QED) is 0.115. The average Bonchev–Trinajstić information content (AvgIpc) is 4.02. The fourth-order valence-corrected chi connectivity index (χ4v) is 8.13. The van der Waals surface area contributed by atoms with Crippen LogP contribution in [0.5, 0.6) is 0 Å². The van der Waals surface area contributed by atoms with Crippen LogP contribution in [0.15, 0.2) is 194 Å². The minimum atomic E-state index is 0. The van der Waals surface area contributed by atoms with Gasteiger partial charge in [-0.3, -0.25) is 68.3 Å². The molecule has 21 heteroatoms. The first-order valence-electron chi connectivity index (χ1n) is 22.7. The molecule has 1 nitrogen and oxygen atoms in total. The molecule has 1 aliphatic carbocycles. The Morgan fingerprint density at radius 3 is 1.26 bits per heavy atom. The molecule has 0 amide bonds. The van der Waals surface area contributed by atoms with Gasteiger partial charge in [-0.1, -0.05) is 171 Å². The second-order valence-electron chi connectivity index (χ2n) is 16.1. The van der Waals surface area contributed by atoms with Crippen LogP contribution in [0.25, 0.3) is 44.1 Å². The molecule has 11 rings (SSSR count). The number of hydrogen-bond acceptors (Lipinski definition) is 0. The van der Waals surface area contributed by atoms with Gasteiger partial charge in [-0.05, 0) is 40.8 Å². The maximum Gasteiger partial charge on any atom is 0.0464 e. The monoisotopic (exact) mass is 2140 g/mol. The van der Waals surface area contributed by atoms with Crippen LogP contribution in [-0.4, -0.2) is 41.4 Å². The zero-order valence-electron chi connectivity index (χ0n) is 46.1. The summed E-state index contributed by atoms with van der Waals surface area (Å²) in [4.78, 5) is 3.50. The Morgan fingerprint density at radius 1 is 0.359 bits per heavy atom. The molecular weight excluding hydrogens is 2090 g/mol. The third-order valence-corrected chi connectivity index (χ3v) is 11.1. The Kier molecular flexibility index (Phi) is 87.2. The van der Waals surface area contributed by atoms with Gasteiger partial charge < -0.3 is 19.5 Å². The van der Waals surface area contributed by atoms with Gasteiger partial charge in [0.25, 0.3) is 0 Å². The van der Waals surface area contributed by atoms with Gasteiger partial charge >= 0.3 is 0 Å². The van der Waals surface area contributed by atoms with E-state index in [9.17, 15) is 0 Å². The molecule has 353 valence electrons. The van der Waals surface area contributed by atoms with E-state index in [1.165, 1.54) is 113 Å². The Hall–Kier alpha value is 10.4. The van der Waals surface area contributed by atoms with E-state index in [4.69, 9.17) is 0 Å². The van der Waals surface area contributed by atoms with Crippen molar-refractivity contribution < 1.29 is 491 Å². The minimum Gasteiger partial charge on any atom is -0.355 e. The fraction of sp³-hybridized carbons (Fsp3) is 0.158. The molecule has 1 aliphatic heterocycles. The molecule has 0 unspecified atom stereocenters. The first-order chi connectivity index (χ1) is 31.1. The first kappa shape index (κ1) is 107. The van der Waals surface area contributed by atoms with E-state index in [0.717, 1.165) is 6.42 Å². The molecule has 0 bridgehead atoms. The van der Waals surface area contributed by atoms with Gasteiger partial charge in [0.1, 0.15) is 0 Å². The van der Waals surface area contributed by atoms with Crippen molar-refractivity contribution in [2.75, 3.05) is 0 Å². The standard InChI is InChI=1S/C25H17BN.C12H8B.C12H10B.C6H14B.C2H6B.15Y/c1-2-6-20-16(5-1)13-17-9-10-18(14-22(17)20)26-19-11-12-25-23(15-19)21-7-3-4-8-24(21)27-25;1-3-7-11-9(5-1)10-6-2-4-8-12(10)13-11;1-3-7-11(8-4-1)13-12-9-5-2-6-10-12;1-3-5-7-6-4-2;1-3-2;;;;;;;;;;;;;;;/h1-12,14-15,27H,13H2;1-8H;1-10H;3-6H2,1-2H3;1-2H3;;;;;;;;;;;;;;;/q5*-1;;;;;;;;;;;;;;;. The summed E-state index contributed by atoms with van der Waals surface area (Å²) >= 11 is 0. The predicted molar refractivity (Wildman–Crippen MR) is 284 cm³/mol. The molecule has 78 heavy (non-hydrogen) atoms. The molecule has 0 saturated heterocycles. The number of nitrogens with one attached hydrogen (secondary N) is 1. The molecular formula is C57H55B5NY15-5. The van der Waals surface area contributed by atoms with Gasteiger partial charge in [-0.15, -0.1) is 48.5 Å².